The molecule has 20 heavy (non-hydrogen) atoms. The van der Waals surface area contributed by atoms with Gasteiger partial charge in [-0.05, 0) is 31.9 Å². The fourth-order valence-electron chi connectivity index (χ4n) is 2.58. The molecule has 3 nitrogen and oxygen atoms in total. The number of benzene rings is 1. The van der Waals surface area contributed by atoms with Crippen LogP contribution in [0, 0.1) is 0 Å². The number of nitrogens with zero attached hydrogens (tertiary/aromatic N) is 1. The smallest absolute Gasteiger partial charge is 0.410 e. The highest BCUT2D eigenvalue weighted by molar-refractivity contribution is 6.89. The molecule has 0 aromatic heterocycles. The lowest BCUT2D eigenvalue weighted by Gasteiger charge is -2.24. The number of ether oxygens (including phenoxy) is 1. The van der Waals surface area contributed by atoms with Crippen molar-refractivity contribution in [3.63, 3.8) is 0 Å². The summed E-state index contributed by atoms with van der Waals surface area (Å²) < 4.78 is 5.48. The Morgan fingerprint density at radius 2 is 1.85 bits per heavy atom. The normalized spacial score (nSPS) is 15.2. The fraction of sp³-hybridized carbons (Fsp3) is 0.562. The Balaban J connectivity index is 2.22. The third kappa shape index (κ3) is 3.23. The molecule has 2 rings (SSSR count). The second kappa shape index (κ2) is 4.92. The van der Waals surface area contributed by atoms with Crippen molar-refractivity contribution in [2.24, 2.45) is 0 Å². The summed E-state index contributed by atoms with van der Waals surface area (Å²) in [7, 11) is -1.38. The molecular formula is C16H25NO2Si. The maximum absolute atomic E-state index is 12.2. The topological polar surface area (TPSA) is 29.5 Å². The largest absolute Gasteiger partial charge is 0.444 e. The number of rotatable bonds is 1. The van der Waals surface area contributed by atoms with Crippen LogP contribution in [0.5, 0.6) is 0 Å². The molecule has 0 aliphatic carbocycles. The molecule has 1 amide bonds. The average molecular weight is 291 g/mol. The van der Waals surface area contributed by atoms with Gasteiger partial charge in [0.1, 0.15) is 5.60 Å². The van der Waals surface area contributed by atoms with Gasteiger partial charge in [0, 0.05) is 13.1 Å². The first-order valence-electron chi connectivity index (χ1n) is 7.17. The fourth-order valence-corrected chi connectivity index (χ4v) is 4.32. The minimum Gasteiger partial charge on any atom is -0.444 e. The summed E-state index contributed by atoms with van der Waals surface area (Å²) in [5.41, 5.74) is 2.18. The molecule has 0 fully saturated rings. The molecular weight excluding hydrogens is 266 g/mol. The van der Waals surface area contributed by atoms with Crippen molar-refractivity contribution in [1.82, 2.24) is 4.90 Å². The summed E-state index contributed by atoms with van der Waals surface area (Å²) in [5.74, 6) is 0. The first-order chi connectivity index (χ1) is 9.08. The van der Waals surface area contributed by atoms with Crippen LogP contribution >= 0.6 is 0 Å². The van der Waals surface area contributed by atoms with E-state index >= 15 is 0 Å². The second-order valence-corrected chi connectivity index (χ2v) is 12.6. The molecule has 4 heteroatoms. The number of carbonyl (C=O) groups excluding carboxylic acids is 1. The average Bonchev–Trinajstić information content (AvgIpc) is 2.68. The Bertz CT molecular complexity index is 526. The number of amides is 1. The Kier molecular flexibility index (Phi) is 3.71. The van der Waals surface area contributed by atoms with E-state index in [9.17, 15) is 4.79 Å². The second-order valence-electron chi connectivity index (χ2n) is 7.53. The Morgan fingerprint density at radius 3 is 2.40 bits per heavy atom. The van der Waals surface area contributed by atoms with E-state index in [0.29, 0.717) is 13.1 Å². The molecule has 0 atom stereocenters. The molecule has 0 N–H and O–H groups in total. The van der Waals surface area contributed by atoms with Gasteiger partial charge in [-0.1, -0.05) is 43.0 Å². The molecule has 0 saturated heterocycles. The molecule has 110 valence electrons. The Hall–Kier alpha value is -1.29. The van der Waals surface area contributed by atoms with Crippen LogP contribution in [-0.2, 0) is 17.8 Å². The first-order valence-corrected chi connectivity index (χ1v) is 10.7. The molecule has 0 unspecified atom stereocenters. The number of carbonyl (C=O) groups is 1. The van der Waals surface area contributed by atoms with Gasteiger partial charge in [-0.2, -0.15) is 0 Å². The van der Waals surface area contributed by atoms with E-state index in [2.05, 4.69) is 37.8 Å². The zero-order valence-electron chi connectivity index (χ0n) is 13.4. The van der Waals surface area contributed by atoms with Gasteiger partial charge < -0.3 is 4.74 Å². The van der Waals surface area contributed by atoms with Crippen molar-refractivity contribution in [3.05, 3.63) is 29.3 Å². The van der Waals surface area contributed by atoms with Crippen LogP contribution in [0.3, 0.4) is 0 Å². The molecule has 0 radical (unpaired) electrons. The van der Waals surface area contributed by atoms with E-state index in [1.807, 2.05) is 20.8 Å². The van der Waals surface area contributed by atoms with Crippen molar-refractivity contribution in [3.8, 4) is 0 Å². The zero-order chi connectivity index (χ0) is 15.1. The van der Waals surface area contributed by atoms with Crippen LogP contribution in [0.15, 0.2) is 18.2 Å². The molecule has 1 aliphatic rings. The lowest BCUT2D eigenvalue weighted by molar-refractivity contribution is 0.0242. The molecule has 1 aromatic carbocycles. The van der Waals surface area contributed by atoms with Crippen LogP contribution in [0.25, 0.3) is 0 Å². The summed E-state index contributed by atoms with van der Waals surface area (Å²) in [6, 6.07) is 6.47. The predicted octanol–water partition coefficient (Wildman–Crippen LogP) is 3.48. The minimum absolute atomic E-state index is 0.213. The number of fused-ring (bicyclic) bond motifs is 1. The number of hydrogen-bond acceptors (Lipinski definition) is 2. The third-order valence-corrected chi connectivity index (χ3v) is 5.53. The Morgan fingerprint density at radius 1 is 1.20 bits per heavy atom. The van der Waals surface area contributed by atoms with E-state index in [1.165, 1.54) is 16.3 Å². The van der Waals surface area contributed by atoms with Gasteiger partial charge in [0.15, 0.2) is 0 Å². The van der Waals surface area contributed by atoms with E-state index in [4.69, 9.17) is 4.74 Å². The summed E-state index contributed by atoms with van der Waals surface area (Å²) in [6.07, 6.45) is -0.213. The summed E-state index contributed by atoms with van der Waals surface area (Å²) in [5, 5.41) is 1.46. The molecule has 0 saturated carbocycles. The molecule has 0 bridgehead atoms. The summed E-state index contributed by atoms with van der Waals surface area (Å²) >= 11 is 0. The first kappa shape index (κ1) is 15.1. The van der Waals surface area contributed by atoms with Crippen molar-refractivity contribution < 1.29 is 9.53 Å². The van der Waals surface area contributed by atoms with Gasteiger partial charge in [0.05, 0.1) is 8.07 Å². The van der Waals surface area contributed by atoms with Crippen molar-refractivity contribution in [1.29, 1.82) is 0 Å². The minimum atomic E-state index is -1.38. The summed E-state index contributed by atoms with van der Waals surface area (Å²) in [4.78, 5) is 14.0. The van der Waals surface area contributed by atoms with E-state index in [1.54, 1.807) is 4.90 Å². The van der Waals surface area contributed by atoms with Crippen molar-refractivity contribution >= 4 is 19.4 Å². The van der Waals surface area contributed by atoms with Crippen LogP contribution < -0.4 is 5.19 Å². The number of hydrogen-bond donors (Lipinski definition) is 0. The van der Waals surface area contributed by atoms with Crippen LogP contribution in [-0.4, -0.2) is 24.7 Å². The lowest BCUT2D eigenvalue weighted by Crippen LogP contribution is -2.40. The van der Waals surface area contributed by atoms with Crippen LogP contribution in [0.2, 0.25) is 19.6 Å². The maximum Gasteiger partial charge on any atom is 0.410 e. The van der Waals surface area contributed by atoms with E-state index in [0.717, 1.165) is 0 Å². The zero-order valence-corrected chi connectivity index (χ0v) is 14.4. The van der Waals surface area contributed by atoms with Gasteiger partial charge in [-0.15, -0.1) is 0 Å². The van der Waals surface area contributed by atoms with Gasteiger partial charge in [0.25, 0.3) is 0 Å². The Labute approximate surface area is 122 Å². The lowest BCUT2D eigenvalue weighted by atomic mass is 10.1. The van der Waals surface area contributed by atoms with Crippen LogP contribution in [0.4, 0.5) is 4.79 Å². The standard InChI is InChI=1S/C16H25NO2Si/c1-16(2,3)19-15(18)17-10-12-8-7-9-14(13(12)11-17)20(4,5)6/h7-9H,10-11H2,1-6H3. The highest BCUT2D eigenvalue weighted by atomic mass is 28.3. The highest BCUT2D eigenvalue weighted by Gasteiger charge is 2.31. The van der Waals surface area contributed by atoms with Gasteiger partial charge >= 0.3 is 6.09 Å². The van der Waals surface area contributed by atoms with E-state index in [-0.39, 0.29) is 6.09 Å². The highest BCUT2D eigenvalue weighted by Crippen LogP contribution is 2.25. The van der Waals surface area contributed by atoms with Gasteiger partial charge in [-0.3, -0.25) is 4.90 Å². The quantitative estimate of drug-likeness (QED) is 0.741. The van der Waals surface area contributed by atoms with E-state index < -0.39 is 13.7 Å². The predicted molar refractivity (Wildman–Crippen MR) is 84.9 cm³/mol. The molecule has 0 spiro atoms. The van der Waals surface area contributed by atoms with Crippen molar-refractivity contribution in [2.75, 3.05) is 0 Å². The third-order valence-electron chi connectivity index (χ3n) is 3.44. The molecule has 1 heterocycles. The monoisotopic (exact) mass is 291 g/mol. The van der Waals surface area contributed by atoms with Gasteiger partial charge in [-0.25, -0.2) is 4.79 Å². The SMILES string of the molecule is CC(C)(C)OC(=O)N1Cc2cccc([Si](C)(C)C)c2C1. The van der Waals surface area contributed by atoms with Gasteiger partial charge in [0.2, 0.25) is 0 Å². The molecule has 1 aromatic rings. The molecule has 1 aliphatic heterocycles. The summed E-state index contributed by atoms with van der Waals surface area (Å²) in [6.45, 7) is 14.1. The van der Waals surface area contributed by atoms with Crippen molar-refractivity contribution in [2.45, 2.75) is 59.1 Å². The maximum atomic E-state index is 12.2. The van der Waals surface area contributed by atoms with Crippen LogP contribution in [0.1, 0.15) is 31.9 Å².